The normalized spacial score (nSPS) is 20.0. The highest BCUT2D eigenvalue weighted by atomic mass is 32.2. The fraction of sp³-hybridized carbons (Fsp3) is 0.385. The molecule has 1 saturated heterocycles. The Hall–Kier alpha value is -1.94. The molecule has 0 N–H and O–H groups in total. The summed E-state index contributed by atoms with van der Waals surface area (Å²) >= 11 is 0. The van der Waals surface area contributed by atoms with Gasteiger partial charge in [-0.2, -0.15) is 17.5 Å². The number of halogens is 3. The molecule has 0 amide bonds. The Morgan fingerprint density at radius 1 is 1.22 bits per heavy atom. The van der Waals surface area contributed by atoms with Crippen LogP contribution in [0.5, 0.6) is 0 Å². The van der Waals surface area contributed by atoms with E-state index in [1.54, 1.807) is 6.20 Å². The van der Waals surface area contributed by atoms with Crippen LogP contribution in [0, 0.1) is 0 Å². The number of sulfonamides is 1. The van der Waals surface area contributed by atoms with E-state index in [1.807, 2.05) is 0 Å². The lowest BCUT2D eigenvalue weighted by molar-refractivity contribution is -0.139. The van der Waals surface area contributed by atoms with Gasteiger partial charge in [-0.15, -0.1) is 5.10 Å². The molecular formula is C13H13F3N4O2S. The molecule has 124 valence electrons. The molecule has 0 unspecified atom stereocenters. The molecule has 10 heteroatoms. The van der Waals surface area contributed by atoms with E-state index in [0.717, 1.165) is 16.4 Å². The van der Waals surface area contributed by atoms with Crippen molar-refractivity contribution in [2.45, 2.75) is 23.5 Å². The van der Waals surface area contributed by atoms with Crippen LogP contribution in [0.1, 0.15) is 18.0 Å². The molecular weight excluding hydrogens is 333 g/mol. The number of benzene rings is 1. The van der Waals surface area contributed by atoms with Gasteiger partial charge in [-0.25, -0.2) is 13.1 Å². The van der Waals surface area contributed by atoms with E-state index >= 15 is 0 Å². The lowest BCUT2D eigenvalue weighted by Crippen LogP contribution is -2.31. The number of rotatable bonds is 3. The summed E-state index contributed by atoms with van der Waals surface area (Å²) in [6.07, 6.45) is -1.19. The Labute approximate surface area is 130 Å². The molecule has 6 nitrogen and oxygen atoms in total. The van der Waals surface area contributed by atoms with Crippen LogP contribution in [-0.4, -0.2) is 40.8 Å². The number of aromatic nitrogens is 3. The lowest BCUT2D eigenvalue weighted by Gasteiger charge is -2.19. The van der Waals surface area contributed by atoms with Gasteiger partial charge in [0, 0.05) is 19.3 Å². The highest BCUT2D eigenvalue weighted by Gasteiger charge is 2.41. The number of hydrogen-bond acceptors (Lipinski definition) is 4. The van der Waals surface area contributed by atoms with Gasteiger partial charge in [0.15, 0.2) is 0 Å². The topological polar surface area (TPSA) is 68.1 Å². The van der Waals surface area contributed by atoms with Crippen LogP contribution in [0.3, 0.4) is 0 Å². The predicted molar refractivity (Wildman–Crippen MR) is 73.9 cm³/mol. The minimum Gasteiger partial charge on any atom is -0.248 e. The molecule has 0 aliphatic carbocycles. The average Bonchev–Trinajstić information content (AvgIpc) is 3.17. The lowest BCUT2D eigenvalue weighted by atomic mass is 10.2. The Morgan fingerprint density at radius 3 is 2.61 bits per heavy atom. The Kier molecular flexibility index (Phi) is 3.88. The summed E-state index contributed by atoms with van der Waals surface area (Å²) in [6.45, 7) is 0.205. The Morgan fingerprint density at radius 2 is 1.96 bits per heavy atom. The minimum atomic E-state index is -4.73. The summed E-state index contributed by atoms with van der Waals surface area (Å²) < 4.78 is 67.0. The summed E-state index contributed by atoms with van der Waals surface area (Å²) in [6, 6.07) is 3.99. The van der Waals surface area contributed by atoms with E-state index < -0.39 is 26.7 Å². The second-order valence-electron chi connectivity index (χ2n) is 5.18. The summed E-state index contributed by atoms with van der Waals surface area (Å²) in [5.41, 5.74) is -1.15. The highest BCUT2D eigenvalue weighted by molar-refractivity contribution is 7.89. The summed E-state index contributed by atoms with van der Waals surface area (Å²) in [7, 11) is -4.22. The molecule has 3 rings (SSSR count). The first-order chi connectivity index (χ1) is 10.8. The summed E-state index contributed by atoms with van der Waals surface area (Å²) in [5, 5.41) is 7.46. The molecule has 2 aromatic rings. The van der Waals surface area contributed by atoms with Crippen LogP contribution in [-0.2, 0) is 16.2 Å². The van der Waals surface area contributed by atoms with E-state index in [4.69, 9.17) is 0 Å². The van der Waals surface area contributed by atoms with Crippen molar-refractivity contribution in [3.63, 3.8) is 0 Å². The predicted octanol–water partition coefficient (Wildman–Crippen LogP) is 1.93. The molecule has 0 spiro atoms. The molecule has 1 atom stereocenters. The van der Waals surface area contributed by atoms with Crippen LogP contribution >= 0.6 is 0 Å². The van der Waals surface area contributed by atoms with Crippen LogP contribution in [0.4, 0.5) is 13.2 Å². The van der Waals surface area contributed by atoms with Gasteiger partial charge in [-0.1, -0.05) is 17.3 Å². The first kappa shape index (κ1) is 15.9. The van der Waals surface area contributed by atoms with Gasteiger partial charge in [-0.05, 0) is 18.6 Å². The van der Waals surface area contributed by atoms with Crippen molar-refractivity contribution in [1.29, 1.82) is 0 Å². The maximum absolute atomic E-state index is 13.1. The van der Waals surface area contributed by atoms with Crippen molar-refractivity contribution in [2.24, 2.45) is 0 Å². The molecule has 23 heavy (non-hydrogen) atoms. The summed E-state index contributed by atoms with van der Waals surface area (Å²) in [5.74, 6) is 0. The van der Waals surface area contributed by atoms with E-state index in [2.05, 4.69) is 10.3 Å². The quantitative estimate of drug-likeness (QED) is 0.852. The van der Waals surface area contributed by atoms with Gasteiger partial charge < -0.3 is 0 Å². The zero-order chi connectivity index (χ0) is 16.7. The third-order valence-corrected chi connectivity index (χ3v) is 5.67. The average molecular weight is 346 g/mol. The third-order valence-electron chi connectivity index (χ3n) is 3.75. The van der Waals surface area contributed by atoms with Crippen LogP contribution in [0.25, 0.3) is 0 Å². The molecule has 1 aliphatic rings. The highest BCUT2D eigenvalue weighted by Crippen LogP contribution is 2.36. The van der Waals surface area contributed by atoms with E-state index in [9.17, 15) is 21.6 Å². The van der Waals surface area contributed by atoms with Gasteiger partial charge in [0.25, 0.3) is 0 Å². The monoisotopic (exact) mass is 346 g/mol. The molecule has 2 heterocycles. The van der Waals surface area contributed by atoms with Gasteiger partial charge in [0.2, 0.25) is 10.0 Å². The number of hydrogen-bond donors (Lipinski definition) is 0. The van der Waals surface area contributed by atoms with E-state index in [1.165, 1.54) is 23.0 Å². The van der Waals surface area contributed by atoms with E-state index in [0.29, 0.717) is 6.42 Å². The molecule has 1 aromatic carbocycles. The maximum atomic E-state index is 13.1. The van der Waals surface area contributed by atoms with Crippen LogP contribution in [0.2, 0.25) is 0 Å². The van der Waals surface area contributed by atoms with Gasteiger partial charge in [-0.3, -0.25) is 0 Å². The van der Waals surface area contributed by atoms with Crippen LogP contribution < -0.4 is 0 Å². The maximum Gasteiger partial charge on any atom is 0.417 e. The van der Waals surface area contributed by atoms with Gasteiger partial charge in [0.1, 0.15) is 0 Å². The molecule has 1 fully saturated rings. The first-order valence-electron chi connectivity index (χ1n) is 6.82. The van der Waals surface area contributed by atoms with Crippen molar-refractivity contribution < 1.29 is 21.6 Å². The first-order valence-corrected chi connectivity index (χ1v) is 8.26. The third kappa shape index (κ3) is 2.95. The SMILES string of the molecule is O=S(=O)(c1ccccc1C(F)(F)F)N1CC[C@H](n2ccnn2)C1. The smallest absolute Gasteiger partial charge is 0.248 e. The van der Waals surface area contributed by atoms with Crippen molar-refractivity contribution >= 4 is 10.0 Å². The Bertz CT molecular complexity index is 790. The Balaban J connectivity index is 1.92. The molecule has 1 aromatic heterocycles. The molecule has 0 saturated carbocycles. The second kappa shape index (κ2) is 5.60. The molecule has 0 bridgehead atoms. The molecule has 0 radical (unpaired) electrons. The zero-order valence-electron chi connectivity index (χ0n) is 11.8. The van der Waals surface area contributed by atoms with Crippen molar-refractivity contribution in [3.05, 3.63) is 42.2 Å². The van der Waals surface area contributed by atoms with Crippen molar-refractivity contribution in [2.75, 3.05) is 13.1 Å². The number of alkyl halides is 3. The fourth-order valence-electron chi connectivity index (χ4n) is 2.62. The fourth-order valence-corrected chi connectivity index (χ4v) is 4.33. The number of nitrogens with zero attached hydrogens (tertiary/aromatic N) is 4. The van der Waals surface area contributed by atoms with Gasteiger partial charge >= 0.3 is 6.18 Å². The van der Waals surface area contributed by atoms with E-state index in [-0.39, 0.29) is 19.1 Å². The largest absolute Gasteiger partial charge is 0.417 e. The second-order valence-corrected chi connectivity index (χ2v) is 7.09. The van der Waals surface area contributed by atoms with Crippen molar-refractivity contribution in [1.82, 2.24) is 19.3 Å². The minimum absolute atomic E-state index is 0.0673. The van der Waals surface area contributed by atoms with Crippen molar-refractivity contribution in [3.8, 4) is 0 Å². The zero-order valence-corrected chi connectivity index (χ0v) is 12.6. The van der Waals surface area contributed by atoms with Gasteiger partial charge in [0.05, 0.1) is 22.7 Å². The molecule has 1 aliphatic heterocycles. The standard InChI is InChI=1S/C13H13F3N4O2S/c14-13(15,16)11-3-1-2-4-12(11)23(21,22)19-7-5-10(9-19)20-8-6-17-18-20/h1-4,6,8,10H,5,7,9H2/t10-/m0/s1. The summed E-state index contributed by atoms with van der Waals surface area (Å²) in [4.78, 5) is -0.716. The van der Waals surface area contributed by atoms with Crippen LogP contribution in [0.15, 0.2) is 41.6 Å².